The number of terminal acetylenes is 1. The van der Waals surface area contributed by atoms with Gasteiger partial charge in [-0.1, -0.05) is 12.0 Å². The Hall–Kier alpha value is -3.99. The van der Waals surface area contributed by atoms with Crippen LogP contribution < -0.4 is 14.8 Å². The lowest BCUT2D eigenvalue weighted by molar-refractivity contribution is -0.130. The Morgan fingerprint density at radius 1 is 1.25 bits per heavy atom. The summed E-state index contributed by atoms with van der Waals surface area (Å²) in [6.07, 6.45) is 7.98. The number of carbonyl (C=O) groups excluding carboxylic acids is 3. The van der Waals surface area contributed by atoms with Crippen molar-refractivity contribution in [3.8, 4) is 23.8 Å². The minimum atomic E-state index is -0.806. The highest BCUT2D eigenvalue weighted by Gasteiger charge is 2.36. The van der Waals surface area contributed by atoms with Crippen LogP contribution in [-0.4, -0.2) is 36.5 Å². The number of imide groups is 2. The summed E-state index contributed by atoms with van der Waals surface area (Å²) in [5.74, 6) is 2.07. The van der Waals surface area contributed by atoms with Crippen LogP contribution in [0.4, 0.5) is 4.79 Å². The fourth-order valence-electron chi connectivity index (χ4n) is 2.58. The first-order valence-corrected chi connectivity index (χ1v) is 8.19. The molecule has 1 aliphatic heterocycles. The molecular weight excluding hydrogens is 364 g/mol. The number of urea groups is 1. The maximum absolute atomic E-state index is 12.7. The molecule has 1 aromatic carbocycles. The van der Waals surface area contributed by atoms with Gasteiger partial charge in [-0.05, 0) is 35.9 Å². The normalized spacial score (nSPS) is 15.4. The summed E-state index contributed by atoms with van der Waals surface area (Å²) in [7, 11) is 1.46. The molecule has 8 nitrogen and oxygen atoms in total. The molecule has 142 valence electrons. The average Bonchev–Trinajstić information content (AvgIpc) is 3.20. The van der Waals surface area contributed by atoms with Crippen molar-refractivity contribution < 1.29 is 28.3 Å². The molecule has 1 aliphatic rings. The predicted molar refractivity (Wildman–Crippen MR) is 98.1 cm³/mol. The van der Waals surface area contributed by atoms with Gasteiger partial charge in [0.25, 0.3) is 11.8 Å². The Balaban J connectivity index is 1.89. The van der Waals surface area contributed by atoms with Crippen molar-refractivity contribution in [2.24, 2.45) is 0 Å². The number of nitrogens with zero attached hydrogens (tertiary/aromatic N) is 1. The van der Waals surface area contributed by atoms with E-state index in [9.17, 15) is 14.4 Å². The van der Waals surface area contributed by atoms with E-state index in [4.69, 9.17) is 20.3 Å². The summed E-state index contributed by atoms with van der Waals surface area (Å²) >= 11 is 0. The van der Waals surface area contributed by atoms with E-state index in [1.54, 1.807) is 30.3 Å². The van der Waals surface area contributed by atoms with Gasteiger partial charge in [0, 0.05) is 0 Å². The van der Waals surface area contributed by atoms with Crippen molar-refractivity contribution in [2.75, 3.05) is 13.7 Å². The zero-order valence-corrected chi connectivity index (χ0v) is 14.9. The zero-order valence-electron chi connectivity index (χ0n) is 14.9. The van der Waals surface area contributed by atoms with Gasteiger partial charge in [-0.25, -0.2) is 4.79 Å². The molecule has 0 bridgehead atoms. The lowest BCUT2D eigenvalue weighted by atomic mass is 10.1. The number of barbiturate groups is 1. The second-order valence-corrected chi connectivity index (χ2v) is 5.69. The van der Waals surface area contributed by atoms with E-state index in [1.165, 1.54) is 19.4 Å². The van der Waals surface area contributed by atoms with Gasteiger partial charge < -0.3 is 13.9 Å². The maximum atomic E-state index is 12.7. The third-order valence-corrected chi connectivity index (χ3v) is 3.89. The van der Waals surface area contributed by atoms with E-state index in [1.807, 2.05) is 0 Å². The molecular formula is C20H16N2O6. The first-order chi connectivity index (χ1) is 13.5. The first-order valence-electron chi connectivity index (χ1n) is 8.19. The monoisotopic (exact) mass is 380 g/mol. The summed E-state index contributed by atoms with van der Waals surface area (Å²) in [6.45, 7) is -0.0218. The Labute approximate surface area is 160 Å². The predicted octanol–water partition coefficient (Wildman–Crippen LogP) is 1.96. The molecule has 0 saturated carbocycles. The lowest BCUT2D eigenvalue weighted by Gasteiger charge is -2.25. The Morgan fingerprint density at radius 3 is 2.75 bits per heavy atom. The van der Waals surface area contributed by atoms with Crippen molar-refractivity contribution in [3.05, 3.63) is 53.5 Å². The minimum absolute atomic E-state index is 0.0710. The highest BCUT2D eigenvalue weighted by Crippen LogP contribution is 2.29. The van der Waals surface area contributed by atoms with Crippen LogP contribution in [0.3, 0.4) is 0 Å². The fraction of sp³-hybridized carbons (Fsp3) is 0.150. The molecule has 0 atom stereocenters. The van der Waals surface area contributed by atoms with Crippen molar-refractivity contribution >= 4 is 23.9 Å². The summed E-state index contributed by atoms with van der Waals surface area (Å²) in [4.78, 5) is 37.8. The maximum Gasteiger partial charge on any atom is 0.331 e. The molecule has 0 unspecified atom stereocenters. The van der Waals surface area contributed by atoms with Crippen molar-refractivity contribution in [1.29, 1.82) is 0 Å². The van der Waals surface area contributed by atoms with E-state index in [0.717, 1.165) is 4.90 Å². The largest absolute Gasteiger partial charge is 0.493 e. The SMILES string of the molecule is C#CCOc1ccc(C=C2C(=O)NC(=O)N(Cc3ccco3)C2=O)cc1OC. The fourth-order valence-corrected chi connectivity index (χ4v) is 2.58. The number of furan rings is 1. The number of nitrogens with one attached hydrogen (secondary N) is 1. The van der Waals surface area contributed by atoms with Gasteiger partial charge in [-0.15, -0.1) is 6.42 Å². The summed E-state index contributed by atoms with van der Waals surface area (Å²) < 4.78 is 15.8. The number of amides is 4. The Bertz CT molecular complexity index is 985. The molecule has 2 aromatic rings. The second-order valence-electron chi connectivity index (χ2n) is 5.69. The zero-order chi connectivity index (χ0) is 20.1. The molecule has 1 fully saturated rings. The summed E-state index contributed by atoms with van der Waals surface area (Å²) in [6, 6.07) is 7.29. The van der Waals surface area contributed by atoms with E-state index in [-0.39, 0.29) is 18.7 Å². The molecule has 1 N–H and O–H groups in total. The van der Waals surface area contributed by atoms with E-state index < -0.39 is 17.8 Å². The van der Waals surface area contributed by atoms with Crippen LogP contribution in [0.1, 0.15) is 11.3 Å². The van der Waals surface area contributed by atoms with Crippen LogP contribution in [0.5, 0.6) is 11.5 Å². The van der Waals surface area contributed by atoms with Crippen LogP contribution in [0.15, 0.2) is 46.6 Å². The molecule has 3 rings (SSSR count). The number of rotatable bonds is 6. The van der Waals surface area contributed by atoms with E-state index in [0.29, 0.717) is 22.8 Å². The van der Waals surface area contributed by atoms with Crippen molar-refractivity contribution in [2.45, 2.75) is 6.54 Å². The molecule has 4 amide bonds. The number of methoxy groups -OCH3 is 1. The van der Waals surface area contributed by atoms with Gasteiger partial charge in [0.05, 0.1) is 19.9 Å². The summed E-state index contributed by atoms with van der Waals surface area (Å²) in [5, 5.41) is 2.15. The Morgan fingerprint density at radius 2 is 2.07 bits per heavy atom. The van der Waals surface area contributed by atoms with Crippen LogP contribution in [0.2, 0.25) is 0 Å². The number of hydrogen-bond acceptors (Lipinski definition) is 6. The van der Waals surface area contributed by atoms with Gasteiger partial charge in [0.15, 0.2) is 11.5 Å². The van der Waals surface area contributed by atoms with Gasteiger partial charge >= 0.3 is 6.03 Å². The van der Waals surface area contributed by atoms with E-state index in [2.05, 4.69) is 11.2 Å². The smallest absolute Gasteiger partial charge is 0.331 e. The van der Waals surface area contributed by atoms with Crippen molar-refractivity contribution in [1.82, 2.24) is 10.2 Å². The van der Waals surface area contributed by atoms with Gasteiger partial charge in [-0.2, -0.15) is 0 Å². The standard InChI is InChI=1S/C20H16N2O6/c1-3-8-28-16-7-6-13(11-17(16)26-2)10-15-18(23)21-20(25)22(19(15)24)12-14-5-4-9-27-14/h1,4-7,9-11H,8,12H2,2H3,(H,21,23,25). The number of ether oxygens (including phenoxy) is 2. The number of hydrogen-bond donors (Lipinski definition) is 1. The van der Waals surface area contributed by atoms with Crippen LogP contribution in [0, 0.1) is 12.3 Å². The van der Waals surface area contributed by atoms with Crippen molar-refractivity contribution in [3.63, 3.8) is 0 Å². The molecule has 1 saturated heterocycles. The third kappa shape index (κ3) is 3.88. The number of carbonyl (C=O) groups is 3. The Kier molecular flexibility index (Phi) is 5.46. The molecule has 0 spiro atoms. The van der Waals surface area contributed by atoms with E-state index >= 15 is 0 Å². The summed E-state index contributed by atoms with van der Waals surface area (Å²) in [5.41, 5.74) is 0.321. The molecule has 0 radical (unpaired) electrons. The topological polar surface area (TPSA) is 98.1 Å². The van der Waals surface area contributed by atoms with Gasteiger partial charge in [0.2, 0.25) is 0 Å². The number of benzene rings is 1. The highest BCUT2D eigenvalue weighted by atomic mass is 16.5. The minimum Gasteiger partial charge on any atom is -0.493 e. The van der Waals surface area contributed by atoms with Crippen LogP contribution in [0.25, 0.3) is 6.08 Å². The van der Waals surface area contributed by atoms with Gasteiger partial charge in [-0.3, -0.25) is 19.8 Å². The van der Waals surface area contributed by atoms with Crippen LogP contribution in [-0.2, 0) is 16.1 Å². The molecule has 0 aliphatic carbocycles. The van der Waals surface area contributed by atoms with Crippen LogP contribution >= 0.6 is 0 Å². The lowest BCUT2D eigenvalue weighted by Crippen LogP contribution is -2.53. The highest BCUT2D eigenvalue weighted by molar-refractivity contribution is 6.30. The molecule has 28 heavy (non-hydrogen) atoms. The third-order valence-electron chi connectivity index (χ3n) is 3.89. The molecule has 1 aromatic heterocycles. The first kappa shape index (κ1) is 18.8. The van der Waals surface area contributed by atoms with Gasteiger partial charge in [0.1, 0.15) is 17.9 Å². The molecule has 2 heterocycles. The quantitative estimate of drug-likeness (QED) is 0.467. The second kappa shape index (κ2) is 8.14. The average molecular weight is 380 g/mol. The molecule has 8 heteroatoms.